The molecule has 0 N–H and O–H groups in total. The molecule has 0 aliphatic heterocycles. The highest BCUT2D eigenvalue weighted by molar-refractivity contribution is 5.95. The van der Waals surface area contributed by atoms with E-state index in [4.69, 9.17) is 0 Å². The minimum absolute atomic E-state index is 0.0550. The normalized spacial score (nSPS) is 10.4. The minimum atomic E-state index is -0.301. The fourth-order valence-corrected chi connectivity index (χ4v) is 2.10. The van der Waals surface area contributed by atoms with Gasteiger partial charge >= 0.3 is 0 Å². The maximum atomic E-state index is 13.9. The van der Waals surface area contributed by atoms with E-state index in [1.807, 2.05) is 32.0 Å². The highest BCUT2D eigenvalue weighted by atomic mass is 19.1. The van der Waals surface area contributed by atoms with E-state index in [1.54, 1.807) is 6.07 Å². The number of carbonyl (C=O) groups excluding carboxylic acids is 1. The van der Waals surface area contributed by atoms with Crippen LogP contribution >= 0.6 is 0 Å². The van der Waals surface area contributed by atoms with Gasteiger partial charge in [-0.1, -0.05) is 29.3 Å². The zero-order valence-electron chi connectivity index (χ0n) is 10.8. The van der Waals surface area contributed by atoms with E-state index in [1.165, 1.54) is 19.1 Å². The smallest absolute Gasteiger partial charge is 0.159 e. The molecule has 0 saturated carbocycles. The largest absolute Gasteiger partial charge is 0.295 e. The predicted molar refractivity (Wildman–Crippen MR) is 71.3 cm³/mol. The molecule has 0 amide bonds. The van der Waals surface area contributed by atoms with Crippen molar-refractivity contribution in [2.45, 2.75) is 20.8 Å². The van der Waals surface area contributed by atoms with Gasteiger partial charge in [-0.25, -0.2) is 4.39 Å². The second kappa shape index (κ2) is 4.73. The second-order valence-electron chi connectivity index (χ2n) is 4.63. The van der Waals surface area contributed by atoms with E-state index in [0.717, 1.165) is 16.7 Å². The number of rotatable bonds is 2. The van der Waals surface area contributed by atoms with E-state index in [9.17, 15) is 9.18 Å². The van der Waals surface area contributed by atoms with Crippen molar-refractivity contribution in [1.82, 2.24) is 0 Å². The zero-order chi connectivity index (χ0) is 13.3. The van der Waals surface area contributed by atoms with Gasteiger partial charge in [-0.05, 0) is 44.5 Å². The van der Waals surface area contributed by atoms with Gasteiger partial charge in [-0.2, -0.15) is 0 Å². The molecule has 0 aliphatic rings. The van der Waals surface area contributed by atoms with Crippen LogP contribution in [0.1, 0.15) is 28.4 Å². The monoisotopic (exact) mass is 242 g/mol. The standard InChI is InChI=1S/C16H15FO/c1-10-6-11(2)8-14(7-10)15-9-13(12(3)18)4-5-16(15)17/h4-9H,1-3H3. The predicted octanol–water partition coefficient (Wildman–Crippen LogP) is 4.31. The van der Waals surface area contributed by atoms with Crippen LogP contribution in [-0.2, 0) is 0 Å². The summed E-state index contributed by atoms with van der Waals surface area (Å²) in [6.45, 7) is 5.44. The summed E-state index contributed by atoms with van der Waals surface area (Å²) in [5, 5.41) is 0. The molecule has 0 heterocycles. The van der Waals surface area contributed by atoms with Crippen molar-refractivity contribution in [2.75, 3.05) is 0 Å². The Bertz CT molecular complexity index is 594. The maximum absolute atomic E-state index is 13.9. The average molecular weight is 242 g/mol. The Kier molecular flexibility index (Phi) is 3.28. The van der Waals surface area contributed by atoms with Crippen LogP contribution in [0.5, 0.6) is 0 Å². The lowest BCUT2D eigenvalue weighted by molar-refractivity contribution is 0.101. The van der Waals surface area contributed by atoms with Gasteiger partial charge in [0.1, 0.15) is 5.82 Å². The lowest BCUT2D eigenvalue weighted by atomic mass is 9.98. The van der Waals surface area contributed by atoms with Gasteiger partial charge in [0.25, 0.3) is 0 Å². The van der Waals surface area contributed by atoms with E-state index in [2.05, 4.69) is 0 Å². The van der Waals surface area contributed by atoms with Crippen LogP contribution < -0.4 is 0 Å². The van der Waals surface area contributed by atoms with Crippen molar-refractivity contribution in [3.8, 4) is 11.1 Å². The van der Waals surface area contributed by atoms with Crippen LogP contribution in [0.3, 0.4) is 0 Å². The van der Waals surface area contributed by atoms with E-state index in [0.29, 0.717) is 11.1 Å². The molecule has 2 aromatic rings. The Morgan fingerprint density at radius 2 is 1.61 bits per heavy atom. The molecule has 2 heteroatoms. The first-order chi connectivity index (χ1) is 8.47. The number of hydrogen-bond acceptors (Lipinski definition) is 1. The van der Waals surface area contributed by atoms with Gasteiger partial charge in [0, 0.05) is 11.1 Å². The van der Waals surface area contributed by atoms with Gasteiger partial charge in [-0.15, -0.1) is 0 Å². The molecule has 0 aliphatic carbocycles. The highest BCUT2D eigenvalue weighted by Gasteiger charge is 2.09. The molecule has 92 valence electrons. The van der Waals surface area contributed by atoms with Crippen molar-refractivity contribution in [1.29, 1.82) is 0 Å². The van der Waals surface area contributed by atoms with E-state index in [-0.39, 0.29) is 11.6 Å². The number of halogens is 1. The van der Waals surface area contributed by atoms with Crippen LogP contribution in [0.4, 0.5) is 4.39 Å². The molecule has 0 bridgehead atoms. The maximum Gasteiger partial charge on any atom is 0.159 e. The average Bonchev–Trinajstić information content (AvgIpc) is 2.27. The Balaban J connectivity index is 2.62. The number of benzene rings is 2. The molecule has 2 rings (SSSR count). The Morgan fingerprint density at radius 3 is 2.17 bits per heavy atom. The summed E-state index contributed by atoms with van der Waals surface area (Å²) in [6.07, 6.45) is 0. The molecule has 0 aromatic heterocycles. The quantitative estimate of drug-likeness (QED) is 0.717. The third kappa shape index (κ3) is 2.48. The molecule has 18 heavy (non-hydrogen) atoms. The molecule has 0 unspecified atom stereocenters. The molecule has 1 nitrogen and oxygen atoms in total. The van der Waals surface area contributed by atoms with Crippen molar-refractivity contribution >= 4 is 5.78 Å². The Labute approximate surface area is 106 Å². The lowest BCUT2D eigenvalue weighted by Gasteiger charge is -2.08. The van der Waals surface area contributed by atoms with E-state index >= 15 is 0 Å². The number of ketones is 1. The van der Waals surface area contributed by atoms with Gasteiger partial charge in [-0.3, -0.25) is 4.79 Å². The third-order valence-electron chi connectivity index (χ3n) is 2.91. The first-order valence-corrected chi connectivity index (χ1v) is 5.86. The Hall–Kier alpha value is -1.96. The molecule has 0 radical (unpaired) electrons. The van der Waals surface area contributed by atoms with Crippen LogP contribution in [-0.4, -0.2) is 5.78 Å². The van der Waals surface area contributed by atoms with Crippen LogP contribution in [0.2, 0.25) is 0 Å². The summed E-state index contributed by atoms with van der Waals surface area (Å²) in [6, 6.07) is 10.4. The molecule has 0 atom stereocenters. The first-order valence-electron chi connectivity index (χ1n) is 5.86. The van der Waals surface area contributed by atoms with Gasteiger partial charge in [0.05, 0.1) is 0 Å². The summed E-state index contributed by atoms with van der Waals surface area (Å²) in [4.78, 5) is 11.4. The van der Waals surface area contributed by atoms with Gasteiger partial charge in [0.2, 0.25) is 0 Å². The van der Waals surface area contributed by atoms with Crippen molar-refractivity contribution in [3.05, 3.63) is 58.9 Å². The summed E-state index contributed by atoms with van der Waals surface area (Å²) >= 11 is 0. The molecule has 0 spiro atoms. The SMILES string of the molecule is CC(=O)c1ccc(F)c(-c2cc(C)cc(C)c2)c1. The fraction of sp³-hybridized carbons (Fsp3) is 0.188. The molecular formula is C16H15FO. The van der Waals surface area contributed by atoms with Crippen molar-refractivity contribution in [2.24, 2.45) is 0 Å². The van der Waals surface area contributed by atoms with Crippen LogP contribution in [0, 0.1) is 19.7 Å². The zero-order valence-corrected chi connectivity index (χ0v) is 10.8. The summed E-state index contributed by atoms with van der Waals surface area (Å²) in [5.74, 6) is -0.356. The number of carbonyl (C=O) groups is 1. The van der Waals surface area contributed by atoms with Gasteiger partial charge in [0.15, 0.2) is 5.78 Å². The molecule has 0 saturated heterocycles. The lowest BCUT2D eigenvalue weighted by Crippen LogP contribution is -1.95. The summed E-state index contributed by atoms with van der Waals surface area (Å²) < 4.78 is 13.9. The van der Waals surface area contributed by atoms with Crippen LogP contribution in [0.25, 0.3) is 11.1 Å². The second-order valence-corrected chi connectivity index (χ2v) is 4.63. The van der Waals surface area contributed by atoms with Crippen LogP contribution in [0.15, 0.2) is 36.4 Å². The summed E-state index contributed by atoms with van der Waals surface area (Å²) in [7, 11) is 0. The third-order valence-corrected chi connectivity index (χ3v) is 2.91. The topological polar surface area (TPSA) is 17.1 Å². The van der Waals surface area contributed by atoms with E-state index < -0.39 is 0 Å². The molecule has 0 fully saturated rings. The Morgan fingerprint density at radius 1 is 1.00 bits per heavy atom. The number of Topliss-reactive ketones (excluding diaryl/α,β-unsaturated/α-hetero) is 1. The first kappa shape index (κ1) is 12.5. The highest BCUT2D eigenvalue weighted by Crippen LogP contribution is 2.26. The fourth-order valence-electron chi connectivity index (χ4n) is 2.10. The molecular weight excluding hydrogens is 227 g/mol. The minimum Gasteiger partial charge on any atom is -0.295 e. The number of hydrogen-bond donors (Lipinski definition) is 0. The van der Waals surface area contributed by atoms with Gasteiger partial charge < -0.3 is 0 Å². The summed E-state index contributed by atoms with van der Waals surface area (Å²) in [5.41, 5.74) is 3.99. The molecule has 2 aromatic carbocycles. The van der Waals surface area contributed by atoms with Crippen molar-refractivity contribution in [3.63, 3.8) is 0 Å². The number of aryl methyl sites for hydroxylation is 2. The van der Waals surface area contributed by atoms with Crippen molar-refractivity contribution < 1.29 is 9.18 Å².